The molecular weight excluding hydrogens is 324 g/mol. The van der Waals surface area contributed by atoms with Crippen molar-refractivity contribution in [3.63, 3.8) is 0 Å². The molecule has 132 valence electrons. The molecule has 2 aliphatic rings. The third-order valence-electron chi connectivity index (χ3n) is 5.39. The molecule has 5 heteroatoms. The lowest BCUT2D eigenvalue weighted by atomic mass is 10.0. The van der Waals surface area contributed by atoms with Gasteiger partial charge in [-0.2, -0.15) is 0 Å². The van der Waals surface area contributed by atoms with Crippen LogP contribution in [0.4, 0.5) is 0 Å². The molecule has 0 spiro atoms. The number of fused-ring (bicyclic) bond motifs is 1. The monoisotopic (exact) mass is 346 g/mol. The second-order valence-corrected chi connectivity index (χ2v) is 7.37. The van der Waals surface area contributed by atoms with E-state index < -0.39 is 0 Å². The van der Waals surface area contributed by atoms with Gasteiger partial charge in [0.2, 0.25) is 0 Å². The van der Waals surface area contributed by atoms with E-state index in [0.29, 0.717) is 5.92 Å². The maximum atomic E-state index is 5.51. The molecule has 0 unspecified atom stereocenters. The SMILES string of the molecule is Cc1onc(-c2ccccc2)c1CN1CCc2nc(C3CC3)ncc2C1. The van der Waals surface area contributed by atoms with Gasteiger partial charge in [0.25, 0.3) is 0 Å². The molecule has 3 aromatic rings. The Hall–Kier alpha value is -2.53. The predicted octanol–water partition coefficient (Wildman–Crippen LogP) is 3.88. The van der Waals surface area contributed by atoms with Crippen molar-refractivity contribution in [3.05, 3.63) is 64.9 Å². The van der Waals surface area contributed by atoms with Crippen molar-refractivity contribution in [3.8, 4) is 11.3 Å². The van der Waals surface area contributed by atoms with Gasteiger partial charge in [0.05, 0.1) is 0 Å². The van der Waals surface area contributed by atoms with Crippen molar-refractivity contribution in [1.29, 1.82) is 0 Å². The molecule has 0 bridgehead atoms. The molecule has 5 nitrogen and oxygen atoms in total. The van der Waals surface area contributed by atoms with E-state index in [1.807, 2.05) is 31.3 Å². The van der Waals surface area contributed by atoms with Crippen LogP contribution in [0, 0.1) is 6.92 Å². The number of aromatic nitrogens is 3. The zero-order chi connectivity index (χ0) is 17.5. The maximum absolute atomic E-state index is 5.51. The minimum atomic E-state index is 0.617. The molecule has 1 saturated carbocycles. The Balaban J connectivity index is 1.37. The highest BCUT2D eigenvalue weighted by Crippen LogP contribution is 2.38. The van der Waals surface area contributed by atoms with E-state index in [-0.39, 0.29) is 0 Å². The molecule has 0 radical (unpaired) electrons. The smallest absolute Gasteiger partial charge is 0.138 e. The minimum Gasteiger partial charge on any atom is -0.361 e. The summed E-state index contributed by atoms with van der Waals surface area (Å²) >= 11 is 0. The zero-order valence-electron chi connectivity index (χ0n) is 15.0. The summed E-state index contributed by atoms with van der Waals surface area (Å²) in [6.07, 6.45) is 5.53. The average Bonchev–Trinajstić information content (AvgIpc) is 3.47. The summed E-state index contributed by atoms with van der Waals surface area (Å²) in [5.74, 6) is 2.57. The first-order chi connectivity index (χ1) is 12.8. The second-order valence-electron chi connectivity index (χ2n) is 7.37. The largest absolute Gasteiger partial charge is 0.361 e. The second kappa shape index (κ2) is 6.32. The fourth-order valence-electron chi connectivity index (χ4n) is 3.69. The predicted molar refractivity (Wildman–Crippen MR) is 98.5 cm³/mol. The Morgan fingerprint density at radius 1 is 1.19 bits per heavy atom. The van der Waals surface area contributed by atoms with Gasteiger partial charge in [-0.3, -0.25) is 4.90 Å². The number of nitrogens with zero attached hydrogens (tertiary/aromatic N) is 4. The molecule has 1 aliphatic heterocycles. The summed E-state index contributed by atoms with van der Waals surface area (Å²) in [5.41, 5.74) is 5.73. The van der Waals surface area contributed by atoms with Crippen LogP contribution in [-0.4, -0.2) is 26.6 Å². The van der Waals surface area contributed by atoms with Crippen LogP contribution < -0.4 is 0 Å². The van der Waals surface area contributed by atoms with Gasteiger partial charge in [0, 0.05) is 60.6 Å². The molecule has 5 rings (SSSR count). The Morgan fingerprint density at radius 3 is 2.85 bits per heavy atom. The molecule has 0 atom stereocenters. The molecule has 0 saturated heterocycles. The van der Waals surface area contributed by atoms with Gasteiger partial charge in [-0.1, -0.05) is 35.5 Å². The van der Waals surface area contributed by atoms with Gasteiger partial charge in [0.1, 0.15) is 17.3 Å². The molecule has 0 amide bonds. The van der Waals surface area contributed by atoms with Crippen LogP contribution >= 0.6 is 0 Å². The standard InChI is InChI=1S/C21H22N4O/c1-14-18(20(24-26-14)15-5-3-2-4-6-15)13-25-10-9-19-17(12-25)11-22-21(23-19)16-7-8-16/h2-6,11,16H,7-10,12-13H2,1H3. The summed E-state index contributed by atoms with van der Waals surface area (Å²) < 4.78 is 5.51. The van der Waals surface area contributed by atoms with Gasteiger partial charge in [0.15, 0.2) is 0 Å². The van der Waals surface area contributed by atoms with E-state index in [0.717, 1.165) is 48.9 Å². The highest BCUT2D eigenvalue weighted by molar-refractivity contribution is 5.63. The summed E-state index contributed by atoms with van der Waals surface area (Å²) in [4.78, 5) is 11.9. The molecule has 26 heavy (non-hydrogen) atoms. The minimum absolute atomic E-state index is 0.617. The third kappa shape index (κ3) is 2.92. The molecular formula is C21H22N4O. The van der Waals surface area contributed by atoms with Crippen molar-refractivity contribution >= 4 is 0 Å². The van der Waals surface area contributed by atoms with Crippen LogP contribution in [-0.2, 0) is 19.5 Å². The topological polar surface area (TPSA) is 55.1 Å². The number of hydrogen-bond donors (Lipinski definition) is 0. The highest BCUT2D eigenvalue weighted by atomic mass is 16.5. The third-order valence-corrected chi connectivity index (χ3v) is 5.39. The van der Waals surface area contributed by atoms with E-state index >= 15 is 0 Å². The molecule has 1 fully saturated rings. The van der Waals surface area contributed by atoms with Crippen LogP contribution in [0.5, 0.6) is 0 Å². The molecule has 2 aromatic heterocycles. The molecule has 1 aliphatic carbocycles. The lowest BCUT2D eigenvalue weighted by Gasteiger charge is -2.28. The lowest BCUT2D eigenvalue weighted by Crippen LogP contribution is -2.31. The van der Waals surface area contributed by atoms with Gasteiger partial charge >= 0.3 is 0 Å². The average molecular weight is 346 g/mol. The normalized spacial score (nSPS) is 17.3. The maximum Gasteiger partial charge on any atom is 0.138 e. The lowest BCUT2D eigenvalue weighted by molar-refractivity contribution is 0.241. The van der Waals surface area contributed by atoms with E-state index in [9.17, 15) is 0 Å². The first-order valence-corrected chi connectivity index (χ1v) is 9.35. The Morgan fingerprint density at radius 2 is 2.04 bits per heavy atom. The summed E-state index contributed by atoms with van der Waals surface area (Å²) in [6.45, 7) is 4.73. The van der Waals surface area contributed by atoms with E-state index in [1.54, 1.807) is 0 Å². The Labute approximate surface area is 153 Å². The van der Waals surface area contributed by atoms with E-state index in [2.05, 4.69) is 27.2 Å². The Kier molecular flexibility index (Phi) is 3.82. The quantitative estimate of drug-likeness (QED) is 0.718. The van der Waals surface area contributed by atoms with Gasteiger partial charge in [-0.15, -0.1) is 0 Å². The highest BCUT2D eigenvalue weighted by Gasteiger charge is 2.28. The van der Waals surface area contributed by atoms with Crippen LogP contribution in [0.1, 0.15) is 47.2 Å². The van der Waals surface area contributed by atoms with Crippen molar-refractivity contribution in [1.82, 2.24) is 20.0 Å². The molecule has 3 heterocycles. The molecule has 0 N–H and O–H groups in total. The van der Waals surface area contributed by atoms with Crippen molar-refractivity contribution < 1.29 is 4.52 Å². The molecule has 1 aromatic carbocycles. The summed E-state index contributed by atoms with van der Waals surface area (Å²) in [5, 5.41) is 4.31. The van der Waals surface area contributed by atoms with E-state index in [4.69, 9.17) is 9.51 Å². The first-order valence-electron chi connectivity index (χ1n) is 9.35. The van der Waals surface area contributed by atoms with Crippen LogP contribution in [0.2, 0.25) is 0 Å². The number of aryl methyl sites for hydroxylation is 1. The fourth-order valence-corrected chi connectivity index (χ4v) is 3.69. The zero-order valence-corrected chi connectivity index (χ0v) is 15.0. The van der Waals surface area contributed by atoms with Crippen LogP contribution in [0.25, 0.3) is 11.3 Å². The van der Waals surface area contributed by atoms with Gasteiger partial charge in [-0.25, -0.2) is 9.97 Å². The number of benzene rings is 1. The first kappa shape index (κ1) is 15.7. The Bertz CT molecular complexity index is 930. The van der Waals surface area contributed by atoms with Gasteiger partial charge in [-0.05, 0) is 19.8 Å². The van der Waals surface area contributed by atoms with Crippen LogP contribution in [0.3, 0.4) is 0 Å². The number of rotatable bonds is 4. The number of hydrogen-bond acceptors (Lipinski definition) is 5. The van der Waals surface area contributed by atoms with E-state index in [1.165, 1.54) is 29.7 Å². The van der Waals surface area contributed by atoms with Crippen molar-refractivity contribution in [2.45, 2.75) is 45.2 Å². The summed E-state index contributed by atoms with van der Waals surface area (Å²) in [6, 6.07) is 10.3. The summed E-state index contributed by atoms with van der Waals surface area (Å²) in [7, 11) is 0. The fraction of sp³-hybridized carbons (Fsp3) is 0.381. The van der Waals surface area contributed by atoms with Gasteiger partial charge < -0.3 is 4.52 Å². The van der Waals surface area contributed by atoms with Crippen LogP contribution in [0.15, 0.2) is 41.1 Å². The van der Waals surface area contributed by atoms with Crippen molar-refractivity contribution in [2.24, 2.45) is 0 Å². The van der Waals surface area contributed by atoms with Crippen molar-refractivity contribution in [2.75, 3.05) is 6.54 Å².